The fourth-order valence-electron chi connectivity index (χ4n) is 6.22. The van der Waals surface area contributed by atoms with Crippen molar-refractivity contribution in [3.05, 3.63) is 58.5 Å². The number of fused-ring (bicyclic) bond motifs is 3. The molecule has 188 valence electrons. The summed E-state index contributed by atoms with van der Waals surface area (Å²) in [6.07, 6.45) is 2.97. The molecular formula is C25H24ClF3N6O. The molecule has 0 bridgehead atoms. The van der Waals surface area contributed by atoms with E-state index in [-0.39, 0.29) is 23.5 Å². The zero-order chi connectivity index (χ0) is 24.8. The predicted molar refractivity (Wildman–Crippen MR) is 126 cm³/mol. The van der Waals surface area contributed by atoms with Crippen molar-refractivity contribution in [3.63, 3.8) is 0 Å². The third-order valence-corrected chi connectivity index (χ3v) is 8.35. The molecule has 1 saturated heterocycles. The van der Waals surface area contributed by atoms with Crippen molar-refractivity contribution in [1.82, 2.24) is 24.6 Å². The van der Waals surface area contributed by atoms with Crippen molar-refractivity contribution in [2.45, 2.75) is 50.2 Å². The Kier molecular flexibility index (Phi) is 4.71. The van der Waals surface area contributed by atoms with Gasteiger partial charge in [0.1, 0.15) is 11.6 Å². The minimum Gasteiger partial charge on any atom is -0.493 e. The Labute approximate surface area is 210 Å². The Hall–Kier alpha value is -2.85. The number of methoxy groups -OCH3 is 1. The van der Waals surface area contributed by atoms with Gasteiger partial charge in [-0.15, -0.1) is 10.2 Å². The number of pyridine rings is 1. The summed E-state index contributed by atoms with van der Waals surface area (Å²) < 4.78 is 48.8. The summed E-state index contributed by atoms with van der Waals surface area (Å²) in [6.45, 7) is 2.39. The monoisotopic (exact) mass is 516 g/mol. The average Bonchev–Trinajstić information content (AvgIpc) is 3.30. The van der Waals surface area contributed by atoms with Crippen LogP contribution in [0.5, 0.6) is 5.75 Å². The van der Waals surface area contributed by atoms with E-state index < -0.39 is 17.8 Å². The van der Waals surface area contributed by atoms with Gasteiger partial charge in [-0.1, -0.05) is 11.6 Å². The number of hydrogen-bond donors (Lipinski definition) is 0. The summed E-state index contributed by atoms with van der Waals surface area (Å²) in [4.78, 5) is 8.14. The van der Waals surface area contributed by atoms with Crippen molar-refractivity contribution < 1.29 is 17.9 Å². The lowest BCUT2D eigenvalue weighted by atomic mass is 9.57. The van der Waals surface area contributed by atoms with E-state index >= 15 is 0 Å². The van der Waals surface area contributed by atoms with Crippen LogP contribution in [0.25, 0.3) is 5.69 Å². The molecule has 2 aliphatic heterocycles. The topological polar surface area (TPSA) is 59.3 Å². The Morgan fingerprint density at radius 1 is 1.08 bits per heavy atom. The van der Waals surface area contributed by atoms with Crippen LogP contribution in [0.2, 0.25) is 5.02 Å². The lowest BCUT2D eigenvalue weighted by Gasteiger charge is -2.59. The molecule has 0 radical (unpaired) electrons. The van der Waals surface area contributed by atoms with Crippen LogP contribution in [0.1, 0.15) is 42.4 Å². The van der Waals surface area contributed by atoms with Crippen LogP contribution >= 0.6 is 11.6 Å². The minimum atomic E-state index is -2.66. The Morgan fingerprint density at radius 2 is 1.86 bits per heavy atom. The molecule has 11 heteroatoms. The Balaban J connectivity index is 1.12. The van der Waals surface area contributed by atoms with Crippen LogP contribution in [0.3, 0.4) is 0 Å². The number of anilines is 1. The Morgan fingerprint density at radius 3 is 2.58 bits per heavy atom. The van der Waals surface area contributed by atoms with Crippen LogP contribution in [-0.4, -0.2) is 56.8 Å². The molecular weight excluding hydrogens is 493 g/mol. The van der Waals surface area contributed by atoms with Gasteiger partial charge in [0, 0.05) is 48.5 Å². The highest BCUT2D eigenvalue weighted by atomic mass is 35.5. The summed E-state index contributed by atoms with van der Waals surface area (Å²) in [6, 6.07) is 6.48. The molecule has 4 heterocycles. The van der Waals surface area contributed by atoms with Gasteiger partial charge in [-0.05, 0) is 36.6 Å². The maximum Gasteiger partial charge on any atom is 0.265 e. The van der Waals surface area contributed by atoms with Gasteiger partial charge in [-0.2, -0.15) is 0 Å². The van der Waals surface area contributed by atoms with Gasteiger partial charge in [0.2, 0.25) is 0 Å². The number of rotatable bonds is 4. The van der Waals surface area contributed by atoms with Crippen LogP contribution in [0.4, 0.5) is 19.0 Å². The second-order valence-corrected chi connectivity index (χ2v) is 11.0. The van der Waals surface area contributed by atoms with Gasteiger partial charge < -0.3 is 9.64 Å². The second kappa shape index (κ2) is 7.58. The number of aromatic nitrogens is 4. The second-order valence-electron chi connectivity index (χ2n) is 10.6. The highest BCUT2D eigenvalue weighted by Crippen LogP contribution is 2.57. The molecule has 4 aliphatic rings. The molecule has 3 fully saturated rings. The number of nitrogens with zero attached hydrogens (tertiary/aromatic N) is 6. The van der Waals surface area contributed by atoms with E-state index in [9.17, 15) is 13.2 Å². The predicted octanol–water partition coefficient (Wildman–Crippen LogP) is 4.57. The third-order valence-electron chi connectivity index (χ3n) is 8.12. The smallest absolute Gasteiger partial charge is 0.265 e. The molecule has 0 amide bonds. The first kappa shape index (κ1) is 22.4. The summed E-state index contributed by atoms with van der Waals surface area (Å²) in [5, 5.41) is 9.58. The van der Waals surface area contributed by atoms with E-state index in [0.717, 1.165) is 43.0 Å². The van der Waals surface area contributed by atoms with Crippen molar-refractivity contribution in [1.29, 1.82) is 0 Å². The molecule has 36 heavy (non-hydrogen) atoms. The molecule has 1 aromatic carbocycles. The number of halogens is 4. The highest BCUT2D eigenvalue weighted by molar-refractivity contribution is 6.30. The molecule has 7 nitrogen and oxygen atoms in total. The van der Waals surface area contributed by atoms with E-state index in [2.05, 4.69) is 24.6 Å². The average molecular weight is 517 g/mol. The first-order valence-corrected chi connectivity index (χ1v) is 12.4. The van der Waals surface area contributed by atoms with E-state index in [1.165, 1.54) is 13.3 Å². The van der Waals surface area contributed by atoms with Crippen molar-refractivity contribution in [3.8, 4) is 11.4 Å². The van der Waals surface area contributed by atoms with Crippen LogP contribution < -0.4 is 9.64 Å². The largest absolute Gasteiger partial charge is 0.493 e. The Bertz CT molecular complexity index is 1370. The fraction of sp³-hybridized carbons (Fsp3) is 0.480. The summed E-state index contributed by atoms with van der Waals surface area (Å²) >= 11 is 6.28. The first-order valence-electron chi connectivity index (χ1n) is 12.0. The van der Waals surface area contributed by atoms with E-state index in [1.807, 2.05) is 18.2 Å². The number of ether oxygens (including phenoxy) is 1. The maximum absolute atomic E-state index is 13.9. The van der Waals surface area contributed by atoms with Gasteiger partial charge in [0.25, 0.3) is 5.92 Å². The van der Waals surface area contributed by atoms with Gasteiger partial charge in [-0.3, -0.25) is 9.47 Å². The van der Waals surface area contributed by atoms with Crippen LogP contribution in [-0.2, 0) is 13.1 Å². The fourth-order valence-corrected chi connectivity index (χ4v) is 6.42. The van der Waals surface area contributed by atoms with Gasteiger partial charge in [-0.25, -0.2) is 18.2 Å². The van der Waals surface area contributed by atoms with E-state index in [0.29, 0.717) is 29.8 Å². The SMILES string of the molecule is COc1cc(N2CC3(CC(c4nnc5n4-c4ccc(Cl)cc4CN(C4CC4(F)F)C5)C3)C2)ncc1F. The standard InChI is InChI=1S/C25H24ClF3N6O/c1-36-19-5-21(30-9-17(19)27)34-12-24(13-34)6-15(7-24)23-32-31-22-11-33(20-8-25(20,28)29)10-14-4-16(26)2-3-18(14)35(22)23/h2-5,9,15,20H,6-8,10-13H2,1H3. The lowest BCUT2D eigenvalue weighted by Crippen LogP contribution is -2.62. The minimum absolute atomic E-state index is 0.125. The molecule has 2 aliphatic carbocycles. The quantitative estimate of drug-likeness (QED) is 0.506. The molecule has 0 N–H and O–H groups in total. The highest BCUT2D eigenvalue weighted by Gasteiger charge is 2.60. The van der Waals surface area contributed by atoms with Crippen molar-refractivity contribution in [2.24, 2.45) is 5.41 Å². The molecule has 1 unspecified atom stereocenters. The summed E-state index contributed by atoms with van der Waals surface area (Å²) in [5.41, 5.74) is 1.99. The van der Waals surface area contributed by atoms with Gasteiger partial charge in [0.15, 0.2) is 17.4 Å². The zero-order valence-corrected chi connectivity index (χ0v) is 20.4. The molecule has 2 aromatic heterocycles. The number of alkyl halides is 2. The van der Waals surface area contributed by atoms with E-state index in [4.69, 9.17) is 16.3 Å². The van der Waals surface area contributed by atoms with Crippen LogP contribution in [0, 0.1) is 11.2 Å². The summed E-state index contributed by atoms with van der Waals surface area (Å²) in [5.74, 6) is -0.441. The van der Waals surface area contributed by atoms with Gasteiger partial charge >= 0.3 is 0 Å². The van der Waals surface area contributed by atoms with Crippen LogP contribution in [0.15, 0.2) is 30.5 Å². The number of hydrogen-bond acceptors (Lipinski definition) is 6. The summed E-state index contributed by atoms with van der Waals surface area (Å²) in [7, 11) is 1.44. The van der Waals surface area contributed by atoms with E-state index in [1.54, 1.807) is 11.0 Å². The zero-order valence-electron chi connectivity index (χ0n) is 19.6. The molecule has 1 atom stereocenters. The first-order chi connectivity index (χ1) is 17.2. The van der Waals surface area contributed by atoms with Crippen molar-refractivity contribution >= 4 is 17.4 Å². The van der Waals surface area contributed by atoms with Crippen molar-refractivity contribution in [2.75, 3.05) is 25.1 Å². The molecule has 3 aromatic rings. The molecule has 2 saturated carbocycles. The number of benzene rings is 1. The molecule has 7 rings (SSSR count). The third kappa shape index (κ3) is 3.41. The van der Waals surface area contributed by atoms with Gasteiger partial charge in [0.05, 0.1) is 31.6 Å². The normalized spacial score (nSPS) is 23.9. The maximum atomic E-state index is 13.9. The lowest BCUT2D eigenvalue weighted by molar-refractivity contribution is 0.0579. The molecule has 1 spiro atoms.